The van der Waals surface area contributed by atoms with Crippen molar-refractivity contribution in [3.63, 3.8) is 0 Å². The third-order valence-corrected chi connectivity index (χ3v) is 4.08. The minimum absolute atomic E-state index is 0.193. The van der Waals surface area contributed by atoms with E-state index in [0.29, 0.717) is 12.4 Å². The van der Waals surface area contributed by atoms with Crippen molar-refractivity contribution >= 4 is 23.1 Å². The molecule has 5 heteroatoms. The van der Waals surface area contributed by atoms with E-state index in [1.165, 1.54) is 9.75 Å². The zero-order chi connectivity index (χ0) is 15.6. The number of nitrogens with one attached hydrogen (secondary N) is 1. The summed E-state index contributed by atoms with van der Waals surface area (Å²) >= 11 is 1.72. The molecule has 0 aromatic carbocycles. The average Bonchev–Trinajstić information content (AvgIpc) is 2.81. The van der Waals surface area contributed by atoms with E-state index < -0.39 is 5.97 Å². The first-order valence-corrected chi connectivity index (χ1v) is 7.62. The molecule has 0 unspecified atom stereocenters. The van der Waals surface area contributed by atoms with E-state index in [-0.39, 0.29) is 11.0 Å². The molecule has 0 spiro atoms. The van der Waals surface area contributed by atoms with Gasteiger partial charge >= 0.3 is 5.97 Å². The third kappa shape index (κ3) is 4.04. The van der Waals surface area contributed by atoms with Gasteiger partial charge in [0.1, 0.15) is 5.82 Å². The molecule has 0 atom stereocenters. The molecule has 2 aromatic heterocycles. The Morgan fingerprint density at radius 3 is 2.57 bits per heavy atom. The van der Waals surface area contributed by atoms with Crippen molar-refractivity contribution in [3.05, 3.63) is 45.3 Å². The summed E-state index contributed by atoms with van der Waals surface area (Å²) in [7, 11) is 0. The van der Waals surface area contributed by atoms with Crippen LogP contribution in [0.15, 0.2) is 24.3 Å². The van der Waals surface area contributed by atoms with Gasteiger partial charge in [0.05, 0.1) is 12.1 Å². The topological polar surface area (TPSA) is 62.2 Å². The lowest BCUT2D eigenvalue weighted by Crippen LogP contribution is -2.16. The molecule has 2 aromatic rings. The van der Waals surface area contributed by atoms with Gasteiger partial charge in [-0.3, -0.25) is 0 Å². The van der Waals surface area contributed by atoms with Crippen molar-refractivity contribution in [2.45, 2.75) is 39.7 Å². The number of rotatable bonds is 4. The molecule has 0 amide bonds. The molecule has 2 rings (SSSR count). The van der Waals surface area contributed by atoms with Crippen molar-refractivity contribution in [1.29, 1.82) is 0 Å². The molecule has 4 nitrogen and oxygen atoms in total. The molecule has 0 bridgehead atoms. The largest absolute Gasteiger partial charge is 0.478 e. The van der Waals surface area contributed by atoms with Crippen molar-refractivity contribution in [1.82, 2.24) is 4.98 Å². The smallest absolute Gasteiger partial charge is 0.335 e. The number of aryl methyl sites for hydroxylation is 1. The molecule has 0 aliphatic carbocycles. The summed E-state index contributed by atoms with van der Waals surface area (Å²) in [5.41, 5.74) is 0.841. The van der Waals surface area contributed by atoms with Crippen LogP contribution in [-0.4, -0.2) is 16.1 Å². The first kappa shape index (κ1) is 15.5. The zero-order valence-corrected chi connectivity index (χ0v) is 13.5. The Morgan fingerprint density at radius 2 is 2.05 bits per heavy atom. The average molecular weight is 304 g/mol. The maximum atomic E-state index is 11.3. The van der Waals surface area contributed by atoms with E-state index >= 15 is 0 Å². The monoisotopic (exact) mass is 304 g/mol. The summed E-state index contributed by atoms with van der Waals surface area (Å²) in [6.07, 6.45) is 0. The third-order valence-electron chi connectivity index (χ3n) is 3.08. The van der Waals surface area contributed by atoms with E-state index in [2.05, 4.69) is 29.4 Å². The van der Waals surface area contributed by atoms with Crippen molar-refractivity contribution in [3.8, 4) is 0 Å². The lowest BCUT2D eigenvalue weighted by molar-refractivity contribution is 0.0696. The molecule has 0 fully saturated rings. The fourth-order valence-electron chi connectivity index (χ4n) is 1.89. The van der Waals surface area contributed by atoms with Crippen LogP contribution < -0.4 is 5.32 Å². The van der Waals surface area contributed by atoms with Crippen LogP contribution >= 0.6 is 11.3 Å². The predicted molar refractivity (Wildman–Crippen MR) is 86.3 cm³/mol. The predicted octanol–water partition coefficient (Wildman–Crippen LogP) is 4.06. The highest BCUT2D eigenvalue weighted by atomic mass is 32.1. The lowest BCUT2D eigenvalue weighted by atomic mass is 9.91. The molecular weight excluding hydrogens is 284 g/mol. The highest BCUT2D eigenvalue weighted by Crippen LogP contribution is 2.24. The summed E-state index contributed by atoms with van der Waals surface area (Å²) in [5.74, 6) is -0.330. The van der Waals surface area contributed by atoms with Crippen LogP contribution in [-0.2, 0) is 12.0 Å². The molecule has 0 saturated heterocycles. The minimum atomic E-state index is -0.932. The second-order valence-electron chi connectivity index (χ2n) is 6.05. The Morgan fingerprint density at radius 1 is 1.33 bits per heavy atom. The Hall–Kier alpha value is -1.88. The number of thiophene rings is 1. The number of pyridine rings is 1. The van der Waals surface area contributed by atoms with Gasteiger partial charge in [-0.1, -0.05) is 20.8 Å². The summed E-state index contributed by atoms with van der Waals surface area (Å²) in [6, 6.07) is 7.36. The Kier molecular flexibility index (Phi) is 4.32. The summed E-state index contributed by atoms with van der Waals surface area (Å²) in [4.78, 5) is 18.3. The van der Waals surface area contributed by atoms with Crippen LogP contribution in [0.2, 0.25) is 0 Å². The van der Waals surface area contributed by atoms with Crippen LogP contribution in [0, 0.1) is 6.92 Å². The number of carboxylic acids is 1. The first-order valence-electron chi connectivity index (χ1n) is 6.81. The van der Waals surface area contributed by atoms with Crippen LogP contribution in [0.4, 0.5) is 5.82 Å². The number of aromatic nitrogens is 1. The highest BCUT2D eigenvalue weighted by Gasteiger charge is 2.19. The highest BCUT2D eigenvalue weighted by molar-refractivity contribution is 7.11. The zero-order valence-electron chi connectivity index (χ0n) is 12.7. The molecule has 0 saturated carbocycles. The Balaban J connectivity index is 2.25. The number of aromatic carboxylic acids is 1. The quantitative estimate of drug-likeness (QED) is 0.894. The maximum absolute atomic E-state index is 11.3. The fourth-order valence-corrected chi connectivity index (χ4v) is 2.72. The molecule has 112 valence electrons. The number of hydrogen-bond acceptors (Lipinski definition) is 4. The van der Waals surface area contributed by atoms with Crippen LogP contribution in [0.3, 0.4) is 0 Å². The van der Waals surface area contributed by atoms with E-state index in [0.717, 1.165) is 5.69 Å². The molecule has 2 N–H and O–H groups in total. The first-order chi connectivity index (χ1) is 9.75. The van der Waals surface area contributed by atoms with Gasteiger partial charge in [0.15, 0.2) is 0 Å². The molecule has 2 heterocycles. The van der Waals surface area contributed by atoms with Gasteiger partial charge in [-0.15, -0.1) is 11.3 Å². The molecule has 21 heavy (non-hydrogen) atoms. The normalized spacial score (nSPS) is 11.4. The fraction of sp³-hybridized carbons (Fsp3) is 0.375. The van der Waals surface area contributed by atoms with Crippen molar-refractivity contribution in [2.75, 3.05) is 5.32 Å². The maximum Gasteiger partial charge on any atom is 0.335 e. The van der Waals surface area contributed by atoms with Crippen molar-refractivity contribution in [2.24, 2.45) is 0 Å². The number of carbonyl (C=O) groups is 1. The van der Waals surface area contributed by atoms with Crippen LogP contribution in [0.1, 0.15) is 46.6 Å². The second kappa shape index (κ2) is 5.85. The van der Waals surface area contributed by atoms with Crippen molar-refractivity contribution < 1.29 is 9.90 Å². The molecule has 0 aliphatic heterocycles. The molecule has 0 radical (unpaired) electrons. The second-order valence-corrected chi connectivity index (χ2v) is 7.42. The Labute approximate surface area is 128 Å². The lowest BCUT2D eigenvalue weighted by Gasteiger charge is -2.19. The van der Waals surface area contributed by atoms with Crippen LogP contribution in [0.5, 0.6) is 0 Å². The molecular formula is C16H20N2O2S. The van der Waals surface area contributed by atoms with Gasteiger partial charge in [-0.25, -0.2) is 9.78 Å². The summed E-state index contributed by atoms with van der Waals surface area (Å²) in [6.45, 7) is 8.78. The number of nitrogens with zero attached hydrogens (tertiary/aromatic N) is 1. The van der Waals surface area contributed by atoms with Gasteiger partial charge in [-0.05, 0) is 31.2 Å². The number of hydrogen-bond donors (Lipinski definition) is 2. The number of anilines is 1. The van der Waals surface area contributed by atoms with E-state index in [1.807, 2.05) is 20.8 Å². The van der Waals surface area contributed by atoms with E-state index in [1.54, 1.807) is 23.5 Å². The van der Waals surface area contributed by atoms with E-state index in [9.17, 15) is 9.90 Å². The van der Waals surface area contributed by atoms with Crippen LogP contribution in [0.25, 0.3) is 0 Å². The Bertz CT molecular complexity index is 657. The SMILES string of the molecule is Cc1ccc(CNc2cc(C(=O)O)cc(C(C)(C)C)n2)s1. The summed E-state index contributed by atoms with van der Waals surface area (Å²) in [5, 5.41) is 12.5. The minimum Gasteiger partial charge on any atom is -0.478 e. The van der Waals surface area contributed by atoms with E-state index in [4.69, 9.17) is 0 Å². The molecule has 0 aliphatic rings. The summed E-state index contributed by atoms with van der Waals surface area (Å²) < 4.78 is 0. The van der Waals surface area contributed by atoms with Gasteiger partial charge in [0.2, 0.25) is 0 Å². The number of carboxylic acid groups (broad SMARTS) is 1. The standard InChI is InChI=1S/C16H20N2O2S/c1-10-5-6-12(21-10)9-17-14-8-11(15(19)20)7-13(18-14)16(2,3)4/h5-8H,9H2,1-4H3,(H,17,18)(H,19,20). The van der Waals surface area contributed by atoms with Gasteiger partial charge in [0, 0.05) is 20.9 Å². The van der Waals surface area contributed by atoms with Gasteiger partial charge in [-0.2, -0.15) is 0 Å². The van der Waals surface area contributed by atoms with Gasteiger partial charge < -0.3 is 10.4 Å². The van der Waals surface area contributed by atoms with Gasteiger partial charge in [0.25, 0.3) is 0 Å².